The Kier molecular flexibility index (Phi) is 4.40. The van der Waals surface area contributed by atoms with Gasteiger partial charge in [-0.15, -0.1) is 0 Å². The van der Waals surface area contributed by atoms with Crippen LogP contribution in [0.3, 0.4) is 0 Å². The molecule has 1 aliphatic rings. The van der Waals surface area contributed by atoms with Crippen LogP contribution in [0.25, 0.3) is 11.0 Å². The number of hydrogen-bond acceptors (Lipinski definition) is 4. The first-order chi connectivity index (χ1) is 10.7. The van der Waals surface area contributed by atoms with E-state index >= 15 is 0 Å². The number of imidazole rings is 1. The standard InChI is InChI=1S/C16H22N4O2/c1-3-20-13-7-5-4-6-12(13)19-15(20)11(2)18-16(21)14-10-17-8-9-22-14/h4-7,11,14,17H,3,8-10H2,1-2H3,(H,18,21). The number of ether oxygens (including phenoxy) is 1. The molecule has 22 heavy (non-hydrogen) atoms. The molecule has 1 fully saturated rings. The van der Waals surface area contributed by atoms with Gasteiger partial charge in [-0.1, -0.05) is 12.1 Å². The van der Waals surface area contributed by atoms with Crippen molar-refractivity contribution in [2.45, 2.75) is 32.5 Å². The normalized spacial score (nSPS) is 20.0. The maximum atomic E-state index is 12.3. The second kappa shape index (κ2) is 6.46. The second-order valence-electron chi connectivity index (χ2n) is 5.50. The first kappa shape index (κ1) is 15.0. The first-order valence-corrected chi connectivity index (χ1v) is 7.78. The molecule has 0 saturated carbocycles. The minimum Gasteiger partial charge on any atom is -0.366 e. The van der Waals surface area contributed by atoms with Gasteiger partial charge in [0.25, 0.3) is 5.91 Å². The van der Waals surface area contributed by atoms with Crippen molar-refractivity contribution in [1.82, 2.24) is 20.2 Å². The first-order valence-electron chi connectivity index (χ1n) is 7.78. The summed E-state index contributed by atoms with van der Waals surface area (Å²) in [6, 6.07) is 7.87. The fourth-order valence-corrected chi connectivity index (χ4v) is 2.86. The van der Waals surface area contributed by atoms with Gasteiger partial charge < -0.3 is 19.9 Å². The number of para-hydroxylation sites is 2. The van der Waals surface area contributed by atoms with Crippen LogP contribution >= 0.6 is 0 Å². The van der Waals surface area contributed by atoms with Gasteiger partial charge in [0.2, 0.25) is 0 Å². The van der Waals surface area contributed by atoms with Crippen molar-refractivity contribution in [3.05, 3.63) is 30.1 Å². The maximum absolute atomic E-state index is 12.3. The highest BCUT2D eigenvalue weighted by molar-refractivity contribution is 5.82. The van der Waals surface area contributed by atoms with Gasteiger partial charge in [0.05, 0.1) is 23.7 Å². The van der Waals surface area contributed by atoms with Gasteiger partial charge in [0.15, 0.2) is 0 Å². The molecule has 6 heteroatoms. The largest absolute Gasteiger partial charge is 0.366 e. The molecule has 0 spiro atoms. The van der Waals surface area contributed by atoms with Crippen LogP contribution in [0.1, 0.15) is 25.7 Å². The van der Waals surface area contributed by atoms with Crippen LogP contribution in [0.4, 0.5) is 0 Å². The number of fused-ring (bicyclic) bond motifs is 1. The number of aromatic nitrogens is 2. The van der Waals surface area contributed by atoms with Crippen LogP contribution in [0.15, 0.2) is 24.3 Å². The number of morpholine rings is 1. The third kappa shape index (κ3) is 2.84. The van der Waals surface area contributed by atoms with Gasteiger partial charge in [-0.3, -0.25) is 4.79 Å². The number of amides is 1. The van der Waals surface area contributed by atoms with Crippen LogP contribution < -0.4 is 10.6 Å². The van der Waals surface area contributed by atoms with Crippen LogP contribution in [0.5, 0.6) is 0 Å². The maximum Gasteiger partial charge on any atom is 0.251 e. The van der Waals surface area contributed by atoms with E-state index in [-0.39, 0.29) is 11.9 Å². The van der Waals surface area contributed by atoms with Crippen molar-refractivity contribution in [2.75, 3.05) is 19.7 Å². The lowest BCUT2D eigenvalue weighted by Crippen LogP contribution is -2.48. The van der Waals surface area contributed by atoms with E-state index in [2.05, 4.69) is 33.2 Å². The SMILES string of the molecule is CCn1c(C(C)NC(=O)C2CNCCO2)nc2ccccc21. The summed E-state index contributed by atoms with van der Waals surface area (Å²) in [5.74, 6) is 0.787. The molecule has 6 nitrogen and oxygen atoms in total. The Hall–Kier alpha value is -1.92. The van der Waals surface area contributed by atoms with Gasteiger partial charge in [0, 0.05) is 19.6 Å². The number of carbonyl (C=O) groups excluding carboxylic acids is 1. The van der Waals surface area contributed by atoms with E-state index in [1.807, 2.05) is 25.1 Å². The number of nitrogens with one attached hydrogen (secondary N) is 2. The van der Waals surface area contributed by atoms with Crippen molar-refractivity contribution in [3.63, 3.8) is 0 Å². The van der Waals surface area contributed by atoms with Crippen LogP contribution in [-0.4, -0.2) is 41.3 Å². The van der Waals surface area contributed by atoms with Crippen LogP contribution in [0.2, 0.25) is 0 Å². The molecule has 118 valence electrons. The number of aryl methyl sites for hydroxylation is 1. The van der Waals surface area contributed by atoms with E-state index < -0.39 is 6.10 Å². The quantitative estimate of drug-likeness (QED) is 0.891. The molecule has 2 heterocycles. The summed E-state index contributed by atoms with van der Waals surface area (Å²) in [5.41, 5.74) is 2.05. The molecule has 2 unspecified atom stereocenters. The number of rotatable bonds is 4. The lowest BCUT2D eigenvalue weighted by atomic mass is 10.2. The number of hydrogen-bond donors (Lipinski definition) is 2. The van der Waals surface area contributed by atoms with Crippen LogP contribution in [0, 0.1) is 0 Å². The summed E-state index contributed by atoms with van der Waals surface area (Å²) >= 11 is 0. The third-order valence-corrected chi connectivity index (χ3v) is 3.97. The summed E-state index contributed by atoms with van der Waals surface area (Å²) in [6.07, 6.45) is -0.421. The van der Waals surface area contributed by atoms with Crippen molar-refractivity contribution in [3.8, 4) is 0 Å². The third-order valence-electron chi connectivity index (χ3n) is 3.97. The van der Waals surface area contributed by atoms with Gasteiger partial charge in [0.1, 0.15) is 11.9 Å². The van der Waals surface area contributed by atoms with Crippen LogP contribution in [-0.2, 0) is 16.1 Å². The zero-order chi connectivity index (χ0) is 15.5. The molecule has 1 amide bonds. The summed E-state index contributed by atoms with van der Waals surface area (Å²) < 4.78 is 7.63. The predicted octanol–water partition coefficient (Wildman–Crippen LogP) is 1.22. The molecule has 1 aliphatic heterocycles. The Morgan fingerprint density at radius 3 is 3.09 bits per heavy atom. The highest BCUT2D eigenvalue weighted by atomic mass is 16.5. The van der Waals surface area contributed by atoms with Gasteiger partial charge in [-0.25, -0.2) is 4.98 Å². The number of carbonyl (C=O) groups is 1. The molecule has 2 aromatic rings. The van der Waals surface area contributed by atoms with E-state index in [0.717, 1.165) is 29.9 Å². The smallest absolute Gasteiger partial charge is 0.251 e. The Labute approximate surface area is 129 Å². The summed E-state index contributed by atoms with van der Waals surface area (Å²) in [7, 11) is 0. The molecule has 1 aromatic carbocycles. The molecule has 3 rings (SSSR count). The monoisotopic (exact) mass is 302 g/mol. The lowest BCUT2D eigenvalue weighted by molar-refractivity contribution is -0.134. The fourth-order valence-electron chi connectivity index (χ4n) is 2.86. The molecule has 0 bridgehead atoms. The lowest BCUT2D eigenvalue weighted by Gasteiger charge is -2.24. The highest BCUT2D eigenvalue weighted by Gasteiger charge is 2.25. The zero-order valence-electron chi connectivity index (χ0n) is 13.0. The minimum absolute atomic E-state index is 0.0885. The van der Waals surface area contributed by atoms with Crippen molar-refractivity contribution < 1.29 is 9.53 Å². The average Bonchev–Trinajstić information content (AvgIpc) is 2.94. The second-order valence-corrected chi connectivity index (χ2v) is 5.50. The molecule has 1 saturated heterocycles. The van der Waals surface area contributed by atoms with Gasteiger partial charge >= 0.3 is 0 Å². The van der Waals surface area contributed by atoms with Gasteiger partial charge in [-0.05, 0) is 26.0 Å². The fraction of sp³-hybridized carbons (Fsp3) is 0.500. The van der Waals surface area contributed by atoms with E-state index in [0.29, 0.717) is 13.2 Å². The Morgan fingerprint density at radius 2 is 2.36 bits per heavy atom. The molecular formula is C16H22N4O2. The predicted molar refractivity (Wildman–Crippen MR) is 84.6 cm³/mol. The van der Waals surface area contributed by atoms with E-state index in [1.165, 1.54) is 0 Å². The number of benzene rings is 1. The van der Waals surface area contributed by atoms with E-state index in [4.69, 9.17) is 4.74 Å². The molecule has 2 N–H and O–H groups in total. The van der Waals surface area contributed by atoms with E-state index in [9.17, 15) is 4.79 Å². The summed E-state index contributed by atoms with van der Waals surface area (Å²) in [5, 5.41) is 6.18. The number of nitrogens with zero attached hydrogens (tertiary/aromatic N) is 2. The van der Waals surface area contributed by atoms with E-state index in [1.54, 1.807) is 0 Å². The topological polar surface area (TPSA) is 68.2 Å². The molecule has 0 aliphatic carbocycles. The Balaban J connectivity index is 1.79. The summed E-state index contributed by atoms with van der Waals surface area (Å²) in [4.78, 5) is 17.0. The summed E-state index contributed by atoms with van der Waals surface area (Å²) in [6.45, 7) is 6.78. The van der Waals surface area contributed by atoms with Crippen molar-refractivity contribution in [2.24, 2.45) is 0 Å². The van der Waals surface area contributed by atoms with Crippen molar-refractivity contribution >= 4 is 16.9 Å². The molecule has 1 aromatic heterocycles. The Morgan fingerprint density at radius 1 is 1.55 bits per heavy atom. The zero-order valence-corrected chi connectivity index (χ0v) is 13.0. The molecule has 2 atom stereocenters. The average molecular weight is 302 g/mol. The molecular weight excluding hydrogens is 280 g/mol. The Bertz CT molecular complexity index is 661. The molecule has 0 radical (unpaired) electrons. The van der Waals surface area contributed by atoms with Gasteiger partial charge in [-0.2, -0.15) is 0 Å². The van der Waals surface area contributed by atoms with Crippen molar-refractivity contribution in [1.29, 1.82) is 0 Å². The minimum atomic E-state index is -0.421. The highest BCUT2D eigenvalue weighted by Crippen LogP contribution is 2.20.